The number of alkyl carbamates (subject to hydrolysis) is 1. The first kappa shape index (κ1) is 31.6. The van der Waals surface area contributed by atoms with E-state index in [-0.39, 0.29) is 67.9 Å². The summed E-state index contributed by atoms with van der Waals surface area (Å²) in [7, 11) is 0.447. The van der Waals surface area contributed by atoms with Gasteiger partial charge in [-0.3, -0.25) is 9.36 Å². The first-order valence-corrected chi connectivity index (χ1v) is 16.3. The minimum Gasteiger partial charge on any atom is -0.508 e. The lowest BCUT2D eigenvalue weighted by Gasteiger charge is -2.35. The number of hydrogen-bond donors (Lipinski definition) is 2. The summed E-state index contributed by atoms with van der Waals surface area (Å²) >= 11 is 0. The molecule has 1 aromatic carbocycles. The number of phenols is 1. The van der Waals surface area contributed by atoms with Gasteiger partial charge >= 0.3 is 19.7 Å². The molecule has 0 saturated carbocycles. The molecule has 14 heteroatoms. The Morgan fingerprint density at radius 1 is 1.16 bits per heavy atom. The number of benzene rings is 1. The van der Waals surface area contributed by atoms with Crippen molar-refractivity contribution in [2.45, 2.75) is 52.5 Å². The molecule has 4 heterocycles. The van der Waals surface area contributed by atoms with Crippen LogP contribution < -0.4 is 10.9 Å². The Morgan fingerprint density at radius 3 is 2.55 bits per heavy atom. The molecule has 1 amide bonds. The third-order valence-electron chi connectivity index (χ3n) is 7.80. The van der Waals surface area contributed by atoms with Gasteiger partial charge in [0, 0.05) is 29.6 Å². The topological polar surface area (TPSA) is 159 Å². The molecule has 0 radical (unpaired) electrons. The second kappa shape index (κ2) is 12.3. The maximum absolute atomic E-state index is 13.9. The second-order valence-corrected chi connectivity index (χ2v) is 13.1. The third kappa shape index (κ3) is 5.61. The van der Waals surface area contributed by atoms with Gasteiger partial charge in [-0.25, -0.2) is 14.6 Å². The lowest BCUT2D eigenvalue weighted by molar-refractivity contribution is -0.172. The fraction of sp³-hybridized carbons (Fsp3) is 0.467. The van der Waals surface area contributed by atoms with Gasteiger partial charge < -0.3 is 38.4 Å². The van der Waals surface area contributed by atoms with Crippen LogP contribution in [-0.2, 0) is 53.2 Å². The molecule has 0 spiro atoms. The largest absolute Gasteiger partial charge is 0.508 e. The van der Waals surface area contributed by atoms with E-state index in [0.29, 0.717) is 23.4 Å². The predicted molar refractivity (Wildman–Crippen MR) is 162 cm³/mol. The summed E-state index contributed by atoms with van der Waals surface area (Å²) in [5, 5.41) is 13.5. The highest BCUT2D eigenvalue weighted by molar-refractivity contribution is 7.53. The minimum atomic E-state index is -3.42. The van der Waals surface area contributed by atoms with Crippen LogP contribution >= 0.6 is 7.60 Å². The standard InChI is InChI=1S/C30H37N4O9P/c1-6-30(43-29(38)31-11-12-44(39,41-7-2)42-8-3)23-14-25-26-21(16-34(25)27(36)22(23)17-40-28(30)37)20(15-33(4)5)19-13-18(35)9-10-24(19)32-26/h9-10,13-14,35H,6-8,11-12,15-17H2,1-5H3,(H,31,38)/t30-/m0/s1. The zero-order valence-corrected chi connectivity index (χ0v) is 26.4. The van der Waals surface area contributed by atoms with Crippen molar-refractivity contribution in [1.29, 1.82) is 0 Å². The molecule has 0 bridgehead atoms. The normalized spacial score (nSPS) is 17.3. The first-order valence-electron chi connectivity index (χ1n) is 14.6. The molecule has 0 aliphatic carbocycles. The van der Waals surface area contributed by atoms with Crippen LogP contribution in [0.1, 0.15) is 49.4 Å². The lowest BCUT2D eigenvalue weighted by Crippen LogP contribution is -2.49. The lowest BCUT2D eigenvalue weighted by atomic mass is 9.85. The molecule has 5 rings (SSSR count). The molecule has 13 nitrogen and oxygen atoms in total. The van der Waals surface area contributed by atoms with Gasteiger partial charge in [0.1, 0.15) is 12.4 Å². The Labute approximate surface area is 254 Å². The number of ether oxygens (including phenoxy) is 2. The number of nitrogens with one attached hydrogen (secondary N) is 1. The van der Waals surface area contributed by atoms with E-state index in [1.807, 2.05) is 19.0 Å². The van der Waals surface area contributed by atoms with Crippen molar-refractivity contribution in [3.8, 4) is 17.1 Å². The van der Waals surface area contributed by atoms with Crippen molar-refractivity contribution < 1.29 is 37.8 Å². The smallest absolute Gasteiger partial charge is 0.408 e. The van der Waals surface area contributed by atoms with Gasteiger partial charge in [-0.05, 0) is 64.2 Å². The summed E-state index contributed by atoms with van der Waals surface area (Å²) in [5.74, 6) is -0.686. The molecule has 2 aliphatic rings. The molecule has 0 unspecified atom stereocenters. The van der Waals surface area contributed by atoms with E-state index < -0.39 is 25.3 Å². The number of rotatable bonds is 11. The average Bonchev–Trinajstić information content (AvgIpc) is 3.33. The summed E-state index contributed by atoms with van der Waals surface area (Å²) in [6.45, 7) is 5.81. The number of aromatic nitrogens is 2. The molecule has 2 aromatic heterocycles. The van der Waals surface area contributed by atoms with Crippen molar-refractivity contribution >= 4 is 30.6 Å². The number of carbonyl (C=O) groups is 2. The maximum atomic E-state index is 13.9. The highest BCUT2D eigenvalue weighted by Crippen LogP contribution is 2.47. The zero-order chi connectivity index (χ0) is 31.8. The molecular formula is C30H37N4O9P. The number of nitrogens with zero attached hydrogens (tertiary/aromatic N) is 3. The number of hydrogen-bond acceptors (Lipinski definition) is 11. The van der Waals surface area contributed by atoms with E-state index in [9.17, 15) is 24.1 Å². The van der Waals surface area contributed by atoms with Gasteiger partial charge in [0.2, 0.25) is 5.60 Å². The van der Waals surface area contributed by atoms with Crippen molar-refractivity contribution in [3.05, 3.63) is 56.9 Å². The maximum Gasteiger partial charge on any atom is 0.408 e. The van der Waals surface area contributed by atoms with Crippen molar-refractivity contribution in [2.75, 3.05) is 40.0 Å². The third-order valence-corrected chi connectivity index (χ3v) is 9.88. The fourth-order valence-corrected chi connectivity index (χ4v) is 7.36. The molecule has 44 heavy (non-hydrogen) atoms. The van der Waals surface area contributed by atoms with Crippen LogP contribution in [0.3, 0.4) is 0 Å². The summed E-state index contributed by atoms with van der Waals surface area (Å²) < 4.78 is 36.1. The highest BCUT2D eigenvalue weighted by Gasteiger charge is 2.50. The van der Waals surface area contributed by atoms with E-state index in [2.05, 4.69) is 5.32 Å². The Morgan fingerprint density at radius 2 is 1.89 bits per heavy atom. The van der Waals surface area contributed by atoms with Gasteiger partial charge in [-0.1, -0.05) is 6.92 Å². The van der Waals surface area contributed by atoms with E-state index in [1.54, 1.807) is 49.6 Å². The SMILES string of the molecule is CCOP(=O)(CCNC(=O)O[C@]1(CC)C(=O)OCc2c1cc1n(c2=O)Cc2c-1nc1ccc(O)cc1c2CN(C)C)OCC. The molecule has 0 saturated heterocycles. The molecule has 2 aliphatic heterocycles. The van der Waals surface area contributed by atoms with E-state index in [0.717, 1.165) is 16.5 Å². The van der Waals surface area contributed by atoms with Gasteiger partial charge in [0.25, 0.3) is 5.56 Å². The second-order valence-electron chi connectivity index (χ2n) is 10.9. The van der Waals surface area contributed by atoms with Crippen LogP contribution in [0.15, 0.2) is 29.1 Å². The van der Waals surface area contributed by atoms with Crippen LogP contribution in [0.5, 0.6) is 5.75 Å². The van der Waals surface area contributed by atoms with E-state index in [1.165, 1.54) is 0 Å². The summed E-state index contributed by atoms with van der Waals surface area (Å²) in [6.07, 6.45) is -1.05. The number of carbonyl (C=O) groups excluding carboxylic acids is 2. The Bertz CT molecular complexity index is 1730. The summed E-state index contributed by atoms with van der Waals surface area (Å²) in [6, 6.07) is 6.64. The summed E-state index contributed by atoms with van der Waals surface area (Å²) in [5.41, 5.74) is 1.65. The number of amides is 1. The molecular weight excluding hydrogens is 591 g/mol. The van der Waals surface area contributed by atoms with Crippen LogP contribution in [0.2, 0.25) is 0 Å². The number of aromatic hydroxyl groups is 1. The van der Waals surface area contributed by atoms with Gasteiger partial charge in [0.15, 0.2) is 0 Å². The number of cyclic esters (lactones) is 1. The minimum absolute atomic E-state index is 0.00526. The molecule has 236 valence electrons. The van der Waals surface area contributed by atoms with Gasteiger partial charge in [0.05, 0.1) is 48.4 Å². The highest BCUT2D eigenvalue weighted by atomic mass is 31.2. The molecule has 2 N–H and O–H groups in total. The Balaban J connectivity index is 1.54. The Hall–Kier alpha value is -3.77. The van der Waals surface area contributed by atoms with Crippen LogP contribution in [0.25, 0.3) is 22.3 Å². The molecule has 0 fully saturated rings. The number of fused-ring (bicyclic) bond motifs is 5. The van der Waals surface area contributed by atoms with Crippen LogP contribution in [-0.4, -0.2) is 71.6 Å². The molecule has 3 aromatic rings. The van der Waals surface area contributed by atoms with E-state index >= 15 is 0 Å². The number of esters is 1. The van der Waals surface area contributed by atoms with Crippen molar-refractivity contribution in [3.63, 3.8) is 0 Å². The van der Waals surface area contributed by atoms with Gasteiger partial charge in [-0.2, -0.15) is 0 Å². The quantitative estimate of drug-likeness (QED) is 0.184. The van der Waals surface area contributed by atoms with Gasteiger partial charge in [-0.15, -0.1) is 0 Å². The Kier molecular flexibility index (Phi) is 8.86. The van der Waals surface area contributed by atoms with Crippen LogP contribution in [0.4, 0.5) is 4.79 Å². The predicted octanol–water partition coefficient (Wildman–Crippen LogP) is 3.85. The van der Waals surface area contributed by atoms with Crippen LogP contribution in [0, 0.1) is 0 Å². The van der Waals surface area contributed by atoms with Crippen molar-refractivity contribution in [1.82, 2.24) is 19.8 Å². The summed E-state index contributed by atoms with van der Waals surface area (Å²) in [4.78, 5) is 47.2. The monoisotopic (exact) mass is 628 g/mol. The zero-order valence-electron chi connectivity index (χ0n) is 25.5. The van der Waals surface area contributed by atoms with Crippen molar-refractivity contribution in [2.24, 2.45) is 0 Å². The number of pyridine rings is 2. The fourth-order valence-electron chi connectivity index (χ4n) is 5.85. The first-order chi connectivity index (χ1) is 21.0. The average molecular weight is 629 g/mol. The van der Waals surface area contributed by atoms with E-state index in [4.69, 9.17) is 23.5 Å². The molecule has 1 atom stereocenters. The number of phenolic OH excluding ortho intramolecular Hbond substituents is 1.